The van der Waals surface area contributed by atoms with Gasteiger partial charge in [-0.3, -0.25) is 19.3 Å². The SMILES string of the molecule is CCOc1ccc(C=C2SC(=O)N(CCNC(=O)Cc3ccc(Cl)cc3)C2=O)cc1OC. The molecule has 2 aromatic carbocycles. The van der Waals surface area contributed by atoms with E-state index in [1.165, 1.54) is 7.11 Å². The maximum Gasteiger partial charge on any atom is 0.293 e. The number of thioether (sulfide) groups is 1. The number of nitrogens with one attached hydrogen (secondary N) is 1. The van der Waals surface area contributed by atoms with Crippen LogP contribution in [0.2, 0.25) is 5.02 Å². The van der Waals surface area contributed by atoms with Crippen molar-refractivity contribution in [3.63, 3.8) is 0 Å². The molecule has 1 heterocycles. The molecule has 0 spiro atoms. The van der Waals surface area contributed by atoms with E-state index in [-0.39, 0.29) is 36.6 Å². The van der Waals surface area contributed by atoms with Gasteiger partial charge in [0.05, 0.1) is 25.0 Å². The molecule has 32 heavy (non-hydrogen) atoms. The van der Waals surface area contributed by atoms with E-state index in [0.717, 1.165) is 22.2 Å². The molecule has 2 aromatic rings. The molecule has 168 valence electrons. The molecule has 1 fully saturated rings. The Morgan fingerprint density at radius 3 is 2.59 bits per heavy atom. The number of benzene rings is 2. The average molecular weight is 475 g/mol. The van der Waals surface area contributed by atoms with E-state index in [4.69, 9.17) is 21.1 Å². The number of rotatable bonds is 9. The van der Waals surface area contributed by atoms with Crippen LogP contribution >= 0.6 is 23.4 Å². The van der Waals surface area contributed by atoms with Gasteiger partial charge in [0.2, 0.25) is 5.91 Å². The highest BCUT2D eigenvalue weighted by atomic mass is 35.5. The lowest BCUT2D eigenvalue weighted by molar-refractivity contribution is -0.124. The Morgan fingerprint density at radius 1 is 1.16 bits per heavy atom. The Kier molecular flexibility index (Phi) is 8.19. The summed E-state index contributed by atoms with van der Waals surface area (Å²) in [6.45, 7) is 2.66. The van der Waals surface area contributed by atoms with Crippen molar-refractivity contribution < 1.29 is 23.9 Å². The summed E-state index contributed by atoms with van der Waals surface area (Å²) in [4.78, 5) is 38.5. The summed E-state index contributed by atoms with van der Waals surface area (Å²) < 4.78 is 10.8. The molecule has 1 saturated heterocycles. The van der Waals surface area contributed by atoms with Crippen molar-refractivity contribution in [2.75, 3.05) is 26.8 Å². The van der Waals surface area contributed by atoms with E-state index in [9.17, 15) is 14.4 Å². The van der Waals surface area contributed by atoms with Crippen molar-refractivity contribution >= 4 is 46.5 Å². The smallest absolute Gasteiger partial charge is 0.293 e. The van der Waals surface area contributed by atoms with Crippen LogP contribution in [0.3, 0.4) is 0 Å². The lowest BCUT2D eigenvalue weighted by Gasteiger charge is -2.13. The van der Waals surface area contributed by atoms with E-state index in [0.29, 0.717) is 33.6 Å². The minimum absolute atomic E-state index is 0.0982. The number of hydrogen-bond donors (Lipinski definition) is 1. The molecule has 1 aliphatic heterocycles. The van der Waals surface area contributed by atoms with Gasteiger partial charge in [-0.25, -0.2) is 0 Å². The van der Waals surface area contributed by atoms with Gasteiger partial charge in [0, 0.05) is 18.1 Å². The molecule has 7 nitrogen and oxygen atoms in total. The first kappa shape index (κ1) is 23.7. The first-order chi connectivity index (χ1) is 15.4. The Morgan fingerprint density at radius 2 is 1.91 bits per heavy atom. The van der Waals surface area contributed by atoms with Crippen LogP contribution in [-0.4, -0.2) is 48.8 Å². The van der Waals surface area contributed by atoms with Crippen LogP contribution in [0.4, 0.5) is 4.79 Å². The number of nitrogens with zero attached hydrogens (tertiary/aromatic N) is 1. The number of amides is 3. The molecular weight excluding hydrogens is 452 g/mol. The lowest BCUT2D eigenvalue weighted by atomic mass is 10.1. The largest absolute Gasteiger partial charge is 0.493 e. The minimum Gasteiger partial charge on any atom is -0.493 e. The number of halogens is 1. The first-order valence-electron chi connectivity index (χ1n) is 9.98. The van der Waals surface area contributed by atoms with Gasteiger partial charge in [0.1, 0.15) is 0 Å². The summed E-state index contributed by atoms with van der Waals surface area (Å²) in [5, 5.41) is 2.97. The Bertz CT molecular complexity index is 1040. The van der Waals surface area contributed by atoms with Crippen LogP contribution < -0.4 is 14.8 Å². The quantitative estimate of drug-likeness (QED) is 0.550. The fourth-order valence-electron chi connectivity index (χ4n) is 3.05. The third-order valence-corrected chi connectivity index (χ3v) is 5.75. The van der Waals surface area contributed by atoms with Crippen LogP contribution in [0.5, 0.6) is 11.5 Å². The molecule has 0 saturated carbocycles. The van der Waals surface area contributed by atoms with E-state index >= 15 is 0 Å². The number of carbonyl (C=O) groups excluding carboxylic acids is 3. The third-order valence-electron chi connectivity index (χ3n) is 4.59. The van der Waals surface area contributed by atoms with E-state index in [1.807, 2.05) is 6.92 Å². The van der Waals surface area contributed by atoms with Crippen molar-refractivity contribution in [1.82, 2.24) is 10.2 Å². The predicted octanol–water partition coefficient (Wildman–Crippen LogP) is 4.14. The molecular formula is C23H23ClN2O5S. The summed E-state index contributed by atoms with van der Waals surface area (Å²) in [5.41, 5.74) is 1.54. The summed E-state index contributed by atoms with van der Waals surface area (Å²) in [7, 11) is 1.54. The molecule has 9 heteroatoms. The van der Waals surface area contributed by atoms with E-state index < -0.39 is 0 Å². The number of imide groups is 1. The van der Waals surface area contributed by atoms with Crippen LogP contribution in [0.15, 0.2) is 47.4 Å². The second-order valence-corrected chi connectivity index (χ2v) is 8.26. The Hall–Kier alpha value is -2.97. The number of carbonyl (C=O) groups is 3. The highest BCUT2D eigenvalue weighted by Crippen LogP contribution is 2.34. The van der Waals surface area contributed by atoms with Gasteiger partial charge in [-0.15, -0.1) is 0 Å². The summed E-state index contributed by atoms with van der Waals surface area (Å²) in [6.07, 6.45) is 1.83. The monoisotopic (exact) mass is 474 g/mol. The molecule has 1 aliphatic rings. The average Bonchev–Trinajstić information content (AvgIpc) is 3.04. The maximum atomic E-state index is 12.7. The summed E-state index contributed by atoms with van der Waals surface area (Å²) in [5.74, 6) is 0.564. The van der Waals surface area contributed by atoms with Crippen molar-refractivity contribution in [3.8, 4) is 11.5 Å². The highest BCUT2D eigenvalue weighted by Gasteiger charge is 2.34. The molecule has 0 aliphatic carbocycles. The fraction of sp³-hybridized carbons (Fsp3) is 0.261. The van der Waals surface area contributed by atoms with Gasteiger partial charge in [-0.1, -0.05) is 29.8 Å². The number of ether oxygens (including phenoxy) is 2. The Labute approximate surface area is 195 Å². The molecule has 1 N–H and O–H groups in total. The summed E-state index contributed by atoms with van der Waals surface area (Å²) in [6, 6.07) is 12.3. The van der Waals surface area contributed by atoms with Gasteiger partial charge < -0.3 is 14.8 Å². The first-order valence-corrected chi connectivity index (χ1v) is 11.2. The molecule has 3 rings (SSSR count). The van der Waals surface area contributed by atoms with Crippen molar-refractivity contribution in [2.24, 2.45) is 0 Å². The Balaban J connectivity index is 1.57. The lowest BCUT2D eigenvalue weighted by Crippen LogP contribution is -2.37. The second-order valence-electron chi connectivity index (χ2n) is 6.83. The maximum absolute atomic E-state index is 12.7. The van der Waals surface area contributed by atoms with Crippen molar-refractivity contribution in [3.05, 3.63) is 63.5 Å². The molecule has 0 bridgehead atoms. The summed E-state index contributed by atoms with van der Waals surface area (Å²) >= 11 is 6.71. The third kappa shape index (κ3) is 6.05. The zero-order valence-corrected chi connectivity index (χ0v) is 19.3. The van der Waals surface area contributed by atoms with Gasteiger partial charge in [0.15, 0.2) is 11.5 Å². The molecule has 3 amide bonds. The molecule has 0 radical (unpaired) electrons. The second kappa shape index (κ2) is 11.1. The standard InChI is InChI=1S/C23H23ClN2O5S/c1-3-31-18-9-6-16(12-19(18)30-2)13-20-22(28)26(23(29)32-20)11-10-25-21(27)14-15-4-7-17(24)8-5-15/h4-9,12-13H,3,10-11,14H2,1-2H3,(H,25,27). The van der Waals surface area contributed by atoms with Gasteiger partial charge in [-0.2, -0.15) is 0 Å². The van der Waals surface area contributed by atoms with Crippen LogP contribution in [-0.2, 0) is 16.0 Å². The van der Waals surface area contributed by atoms with Crippen molar-refractivity contribution in [1.29, 1.82) is 0 Å². The fourth-order valence-corrected chi connectivity index (χ4v) is 4.04. The van der Waals surface area contributed by atoms with Crippen LogP contribution in [0.1, 0.15) is 18.1 Å². The topological polar surface area (TPSA) is 84.9 Å². The minimum atomic E-state index is -0.389. The van der Waals surface area contributed by atoms with E-state index in [1.54, 1.807) is 48.5 Å². The predicted molar refractivity (Wildman–Crippen MR) is 125 cm³/mol. The molecule has 0 atom stereocenters. The zero-order chi connectivity index (χ0) is 23.1. The van der Waals surface area contributed by atoms with Gasteiger partial charge in [-0.05, 0) is 60.2 Å². The molecule has 0 aromatic heterocycles. The number of methoxy groups -OCH3 is 1. The normalized spacial score (nSPS) is 14.7. The zero-order valence-electron chi connectivity index (χ0n) is 17.7. The molecule has 0 unspecified atom stereocenters. The highest BCUT2D eigenvalue weighted by molar-refractivity contribution is 8.18. The van der Waals surface area contributed by atoms with Crippen molar-refractivity contribution in [2.45, 2.75) is 13.3 Å². The number of hydrogen-bond acceptors (Lipinski definition) is 6. The van der Waals surface area contributed by atoms with Crippen LogP contribution in [0, 0.1) is 0 Å². The van der Waals surface area contributed by atoms with E-state index in [2.05, 4.69) is 5.32 Å². The van der Waals surface area contributed by atoms with Gasteiger partial charge >= 0.3 is 0 Å². The van der Waals surface area contributed by atoms with Gasteiger partial charge in [0.25, 0.3) is 11.1 Å². The van der Waals surface area contributed by atoms with Crippen LogP contribution in [0.25, 0.3) is 6.08 Å².